The molecule has 0 fully saturated rings. The van der Waals surface area contributed by atoms with Crippen molar-refractivity contribution in [3.05, 3.63) is 63.9 Å². The van der Waals surface area contributed by atoms with Gasteiger partial charge in [0.15, 0.2) is 0 Å². The minimum Gasteiger partial charge on any atom is -0.340 e. The SMILES string of the molecule is CC(NC(=O)NCc1ccc(Cl)cc1Cl)c1nc2ccccc2[nH]1. The van der Waals surface area contributed by atoms with Gasteiger partial charge in [-0.2, -0.15) is 0 Å². The number of nitrogens with zero attached hydrogens (tertiary/aromatic N) is 1. The van der Waals surface area contributed by atoms with Gasteiger partial charge >= 0.3 is 6.03 Å². The molecule has 124 valence electrons. The molecule has 3 rings (SSSR count). The lowest BCUT2D eigenvalue weighted by atomic mass is 10.2. The number of carbonyl (C=O) groups is 1. The van der Waals surface area contributed by atoms with E-state index in [4.69, 9.17) is 23.2 Å². The van der Waals surface area contributed by atoms with Gasteiger partial charge in [-0.3, -0.25) is 0 Å². The van der Waals surface area contributed by atoms with Crippen LogP contribution >= 0.6 is 23.2 Å². The van der Waals surface area contributed by atoms with Crippen LogP contribution in [0.25, 0.3) is 11.0 Å². The summed E-state index contributed by atoms with van der Waals surface area (Å²) in [6.45, 7) is 2.18. The van der Waals surface area contributed by atoms with Crippen molar-refractivity contribution in [2.24, 2.45) is 0 Å². The first-order chi connectivity index (χ1) is 11.5. The molecule has 5 nitrogen and oxygen atoms in total. The first kappa shape index (κ1) is 16.6. The highest BCUT2D eigenvalue weighted by Gasteiger charge is 2.13. The van der Waals surface area contributed by atoms with E-state index in [1.807, 2.05) is 31.2 Å². The Morgan fingerprint density at radius 1 is 1.25 bits per heavy atom. The monoisotopic (exact) mass is 362 g/mol. The van der Waals surface area contributed by atoms with Crippen LogP contribution in [0, 0.1) is 0 Å². The number of hydrogen-bond acceptors (Lipinski definition) is 2. The largest absolute Gasteiger partial charge is 0.340 e. The van der Waals surface area contributed by atoms with E-state index in [-0.39, 0.29) is 12.1 Å². The highest BCUT2D eigenvalue weighted by atomic mass is 35.5. The Kier molecular flexibility index (Phi) is 4.92. The normalized spacial score (nSPS) is 12.1. The minimum atomic E-state index is -0.297. The van der Waals surface area contributed by atoms with Crippen LogP contribution in [-0.4, -0.2) is 16.0 Å². The van der Waals surface area contributed by atoms with Gasteiger partial charge in [-0.15, -0.1) is 0 Å². The third-order valence-corrected chi connectivity index (χ3v) is 4.21. The number of H-pyrrole nitrogens is 1. The first-order valence-corrected chi connectivity index (χ1v) is 8.21. The summed E-state index contributed by atoms with van der Waals surface area (Å²) in [7, 11) is 0. The van der Waals surface area contributed by atoms with Gasteiger partial charge in [-0.05, 0) is 36.8 Å². The highest BCUT2D eigenvalue weighted by Crippen LogP contribution is 2.20. The predicted molar refractivity (Wildman–Crippen MR) is 96.3 cm³/mol. The number of aromatic nitrogens is 2. The van der Waals surface area contributed by atoms with E-state index in [9.17, 15) is 4.79 Å². The standard InChI is InChI=1S/C17H16Cl2N4O/c1-10(16-22-14-4-2-3-5-15(14)23-16)21-17(24)20-9-11-6-7-12(18)8-13(11)19/h2-8,10H,9H2,1H3,(H,22,23)(H2,20,21,24). The summed E-state index contributed by atoms with van der Waals surface area (Å²) >= 11 is 11.9. The van der Waals surface area contributed by atoms with E-state index >= 15 is 0 Å². The summed E-state index contributed by atoms with van der Waals surface area (Å²) in [6, 6.07) is 12.3. The van der Waals surface area contributed by atoms with Crippen molar-refractivity contribution >= 4 is 40.3 Å². The Hall–Kier alpha value is -2.24. The summed E-state index contributed by atoms with van der Waals surface area (Å²) in [5.41, 5.74) is 2.61. The van der Waals surface area contributed by atoms with Gasteiger partial charge in [0, 0.05) is 16.6 Å². The smallest absolute Gasteiger partial charge is 0.315 e. The number of aromatic amines is 1. The molecule has 7 heteroatoms. The predicted octanol–water partition coefficient (Wildman–Crippen LogP) is 4.43. The van der Waals surface area contributed by atoms with Gasteiger partial charge < -0.3 is 15.6 Å². The molecule has 1 heterocycles. The third-order valence-electron chi connectivity index (χ3n) is 3.62. The van der Waals surface area contributed by atoms with Crippen LogP contribution in [-0.2, 0) is 6.54 Å². The van der Waals surface area contributed by atoms with Crippen LogP contribution in [0.15, 0.2) is 42.5 Å². The van der Waals surface area contributed by atoms with Crippen molar-refractivity contribution in [1.82, 2.24) is 20.6 Å². The fourth-order valence-corrected chi connectivity index (χ4v) is 2.81. The lowest BCUT2D eigenvalue weighted by Crippen LogP contribution is -2.37. The van der Waals surface area contributed by atoms with Gasteiger partial charge in [-0.25, -0.2) is 9.78 Å². The van der Waals surface area contributed by atoms with Crippen LogP contribution < -0.4 is 10.6 Å². The minimum absolute atomic E-state index is 0.252. The molecule has 0 radical (unpaired) electrons. The number of para-hydroxylation sites is 2. The number of benzene rings is 2. The fraction of sp³-hybridized carbons (Fsp3) is 0.176. The molecule has 0 aliphatic rings. The number of halogens is 2. The molecule has 0 aliphatic carbocycles. The Balaban J connectivity index is 1.59. The second kappa shape index (κ2) is 7.11. The zero-order valence-electron chi connectivity index (χ0n) is 12.9. The number of rotatable bonds is 4. The molecule has 1 unspecified atom stereocenters. The molecule has 0 aliphatic heterocycles. The summed E-state index contributed by atoms with van der Waals surface area (Å²) < 4.78 is 0. The fourth-order valence-electron chi connectivity index (χ4n) is 2.33. The topological polar surface area (TPSA) is 69.8 Å². The highest BCUT2D eigenvalue weighted by molar-refractivity contribution is 6.35. The molecular formula is C17H16Cl2N4O. The zero-order valence-corrected chi connectivity index (χ0v) is 14.4. The van der Waals surface area contributed by atoms with Crippen LogP contribution in [0.3, 0.4) is 0 Å². The van der Waals surface area contributed by atoms with Crippen molar-refractivity contribution in [3.63, 3.8) is 0 Å². The van der Waals surface area contributed by atoms with E-state index < -0.39 is 0 Å². The van der Waals surface area contributed by atoms with Gasteiger partial charge in [-0.1, -0.05) is 41.4 Å². The molecule has 0 spiro atoms. The van der Waals surface area contributed by atoms with Crippen LogP contribution in [0.5, 0.6) is 0 Å². The number of amides is 2. The average molecular weight is 363 g/mol. The van der Waals surface area contributed by atoms with Crippen LogP contribution in [0.1, 0.15) is 24.4 Å². The van der Waals surface area contributed by atoms with E-state index in [1.54, 1.807) is 18.2 Å². The molecule has 0 saturated heterocycles. The zero-order chi connectivity index (χ0) is 17.1. The van der Waals surface area contributed by atoms with Gasteiger partial charge in [0.2, 0.25) is 0 Å². The Bertz CT molecular complexity index is 845. The molecule has 3 aromatic rings. The molecule has 2 amide bonds. The number of imidazole rings is 1. The summed E-state index contributed by atoms with van der Waals surface area (Å²) in [5.74, 6) is 0.705. The Morgan fingerprint density at radius 2 is 2.04 bits per heavy atom. The van der Waals surface area contributed by atoms with E-state index in [0.717, 1.165) is 16.6 Å². The average Bonchev–Trinajstić information content (AvgIpc) is 2.98. The number of hydrogen-bond donors (Lipinski definition) is 3. The third kappa shape index (κ3) is 3.80. The maximum atomic E-state index is 12.1. The Labute approximate surface area is 149 Å². The first-order valence-electron chi connectivity index (χ1n) is 7.46. The summed E-state index contributed by atoms with van der Waals surface area (Å²) in [6.07, 6.45) is 0. The van der Waals surface area contributed by atoms with Crippen molar-refractivity contribution in [2.45, 2.75) is 19.5 Å². The number of fused-ring (bicyclic) bond motifs is 1. The molecule has 1 atom stereocenters. The summed E-state index contributed by atoms with van der Waals surface area (Å²) in [5, 5.41) is 6.70. The van der Waals surface area contributed by atoms with Crippen molar-refractivity contribution in [2.75, 3.05) is 0 Å². The number of nitrogens with one attached hydrogen (secondary N) is 3. The van der Waals surface area contributed by atoms with E-state index in [0.29, 0.717) is 22.4 Å². The van der Waals surface area contributed by atoms with E-state index in [2.05, 4.69) is 20.6 Å². The molecule has 24 heavy (non-hydrogen) atoms. The van der Waals surface area contributed by atoms with Gasteiger partial charge in [0.05, 0.1) is 17.1 Å². The lowest BCUT2D eigenvalue weighted by Gasteiger charge is -2.13. The van der Waals surface area contributed by atoms with Crippen molar-refractivity contribution < 1.29 is 4.79 Å². The number of carbonyl (C=O) groups excluding carboxylic acids is 1. The molecule has 0 bridgehead atoms. The van der Waals surface area contributed by atoms with E-state index in [1.165, 1.54) is 0 Å². The van der Waals surface area contributed by atoms with Crippen LogP contribution in [0.2, 0.25) is 10.0 Å². The summed E-state index contributed by atoms with van der Waals surface area (Å²) in [4.78, 5) is 19.7. The van der Waals surface area contributed by atoms with Crippen molar-refractivity contribution in [3.8, 4) is 0 Å². The lowest BCUT2D eigenvalue weighted by molar-refractivity contribution is 0.237. The maximum Gasteiger partial charge on any atom is 0.315 e. The van der Waals surface area contributed by atoms with Gasteiger partial charge in [0.25, 0.3) is 0 Å². The Morgan fingerprint density at radius 3 is 2.79 bits per heavy atom. The molecular weight excluding hydrogens is 347 g/mol. The molecule has 3 N–H and O–H groups in total. The number of urea groups is 1. The molecule has 0 saturated carbocycles. The molecule has 2 aromatic carbocycles. The van der Waals surface area contributed by atoms with Crippen LogP contribution in [0.4, 0.5) is 4.79 Å². The second-order valence-electron chi connectivity index (χ2n) is 5.42. The second-order valence-corrected chi connectivity index (χ2v) is 6.27. The quantitative estimate of drug-likeness (QED) is 0.642. The molecule has 1 aromatic heterocycles. The van der Waals surface area contributed by atoms with Gasteiger partial charge in [0.1, 0.15) is 5.82 Å². The van der Waals surface area contributed by atoms with Crippen molar-refractivity contribution in [1.29, 1.82) is 0 Å². The maximum absolute atomic E-state index is 12.1.